The van der Waals surface area contributed by atoms with Crippen LogP contribution in [0.15, 0.2) is 42.5 Å². The summed E-state index contributed by atoms with van der Waals surface area (Å²) in [7, 11) is 1.93. The van der Waals surface area contributed by atoms with Crippen LogP contribution in [0.5, 0.6) is 0 Å². The molecule has 0 aliphatic rings. The highest BCUT2D eigenvalue weighted by molar-refractivity contribution is 5.67. The monoisotopic (exact) mass is 229 g/mol. The average molecular weight is 229 g/mol. The standard InChI is InChI=1S/C15H16FN/c1-11-3-4-12(10-17-2)9-15(11)13-5-7-14(16)8-6-13/h3-9,17H,10H2,1-2H3. The zero-order valence-corrected chi connectivity index (χ0v) is 10.1. The van der Waals surface area contributed by atoms with E-state index in [9.17, 15) is 4.39 Å². The van der Waals surface area contributed by atoms with Crippen LogP contribution in [-0.2, 0) is 6.54 Å². The van der Waals surface area contributed by atoms with Gasteiger partial charge in [-0.2, -0.15) is 0 Å². The Hall–Kier alpha value is -1.67. The summed E-state index contributed by atoms with van der Waals surface area (Å²) in [6.07, 6.45) is 0. The smallest absolute Gasteiger partial charge is 0.123 e. The van der Waals surface area contributed by atoms with Crippen LogP contribution in [0.1, 0.15) is 11.1 Å². The van der Waals surface area contributed by atoms with Crippen molar-refractivity contribution in [2.45, 2.75) is 13.5 Å². The summed E-state index contributed by atoms with van der Waals surface area (Å²) >= 11 is 0. The highest BCUT2D eigenvalue weighted by Gasteiger charge is 2.03. The Morgan fingerprint density at radius 2 is 1.76 bits per heavy atom. The van der Waals surface area contributed by atoms with Gasteiger partial charge in [-0.1, -0.05) is 24.3 Å². The molecule has 0 spiro atoms. The van der Waals surface area contributed by atoms with Gasteiger partial charge < -0.3 is 5.32 Å². The van der Waals surface area contributed by atoms with Gasteiger partial charge in [0.05, 0.1) is 0 Å². The molecule has 2 heteroatoms. The maximum Gasteiger partial charge on any atom is 0.123 e. The minimum atomic E-state index is -0.196. The largest absolute Gasteiger partial charge is 0.316 e. The summed E-state index contributed by atoms with van der Waals surface area (Å²) in [5.41, 5.74) is 4.66. The van der Waals surface area contributed by atoms with Gasteiger partial charge in [-0.15, -0.1) is 0 Å². The summed E-state index contributed by atoms with van der Waals surface area (Å²) < 4.78 is 12.9. The number of rotatable bonds is 3. The first kappa shape index (κ1) is 11.8. The first-order valence-corrected chi connectivity index (χ1v) is 5.71. The minimum absolute atomic E-state index is 0.196. The Morgan fingerprint density at radius 1 is 1.06 bits per heavy atom. The fraction of sp³-hybridized carbons (Fsp3) is 0.200. The molecule has 0 fully saturated rings. The first-order valence-electron chi connectivity index (χ1n) is 5.71. The van der Waals surface area contributed by atoms with Gasteiger partial charge in [-0.05, 0) is 54.4 Å². The van der Waals surface area contributed by atoms with E-state index in [4.69, 9.17) is 0 Å². The van der Waals surface area contributed by atoms with E-state index in [1.165, 1.54) is 23.3 Å². The average Bonchev–Trinajstić information content (AvgIpc) is 2.33. The van der Waals surface area contributed by atoms with Crippen LogP contribution in [0, 0.1) is 12.7 Å². The van der Waals surface area contributed by atoms with Crippen LogP contribution < -0.4 is 5.32 Å². The Morgan fingerprint density at radius 3 is 2.41 bits per heavy atom. The van der Waals surface area contributed by atoms with Crippen LogP contribution in [0.4, 0.5) is 4.39 Å². The molecule has 0 radical (unpaired) electrons. The van der Waals surface area contributed by atoms with E-state index < -0.39 is 0 Å². The van der Waals surface area contributed by atoms with Crippen molar-refractivity contribution in [1.29, 1.82) is 0 Å². The molecule has 1 N–H and O–H groups in total. The lowest BCUT2D eigenvalue weighted by Gasteiger charge is -2.09. The minimum Gasteiger partial charge on any atom is -0.316 e. The first-order chi connectivity index (χ1) is 8.20. The third kappa shape index (κ3) is 2.71. The van der Waals surface area contributed by atoms with Crippen LogP contribution in [-0.4, -0.2) is 7.05 Å². The number of halogens is 1. The quantitative estimate of drug-likeness (QED) is 0.849. The van der Waals surface area contributed by atoms with E-state index in [1.807, 2.05) is 19.2 Å². The molecule has 0 atom stereocenters. The van der Waals surface area contributed by atoms with E-state index in [0.717, 1.165) is 17.7 Å². The van der Waals surface area contributed by atoms with Crippen molar-refractivity contribution in [2.75, 3.05) is 7.05 Å². The van der Waals surface area contributed by atoms with Gasteiger partial charge in [-0.3, -0.25) is 0 Å². The third-order valence-corrected chi connectivity index (χ3v) is 2.84. The number of nitrogens with one attached hydrogen (secondary N) is 1. The van der Waals surface area contributed by atoms with E-state index in [0.29, 0.717) is 0 Å². The topological polar surface area (TPSA) is 12.0 Å². The highest BCUT2D eigenvalue weighted by Crippen LogP contribution is 2.24. The Kier molecular flexibility index (Phi) is 3.55. The van der Waals surface area contributed by atoms with Crippen molar-refractivity contribution < 1.29 is 4.39 Å². The maximum absolute atomic E-state index is 12.9. The van der Waals surface area contributed by atoms with E-state index in [1.54, 1.807) is 0 Å². The van der Waals surface area contributed by atoms with E-state index in [2.05, 4.69) is 30.4 Å². The molecule has 0 saturated carbocycles. The van der Waals surface area contributed by atoms with Crippen LogP contribution in [0.2, 0.25) is 0 Å². The molecule has 0 unspecified atom stereocenters. The lowest BCUT2D eigenvalue weighted by molar-refractivity contribution is 0.628. The maximum atomic E-state index is 12.9. The Bertz CT molecular complexity index is 503. The van der Waals surface area contributed by atoms with Crippen molar-refractivity contribution in [3.05, 3.63) is 59.4 Å². The number of benzene rings is 2. The lowest BCUT2D eigenvalue weighted by Crippen LogP contribution is -2.05. The van der Waals surface area contributed by atoms with Gasteiger partial charge in [0.15, 0.2) is 0 Å². The predicted octanol–water partition coefficient (Wildman–Crippen LogP) is 3.52. The molecule has 2 rings (SSSR count). The molecule has 0 aliphatic carbocycles. The molecular formula is C15H16FN. The molecule has 17 heavy (non-hydrogen) atoms. The van der Waals surface area contributed by atoms with Crippen molar-refractivity contribution in [3.63, 3.8) is 0 Å². The number of aryl methyl sites for hydroxylation is 1. The second-order valence-corrected chi connectivity index (χ2v) is 4.19. The summed E-state index contributed by atoms with van der Waals surface area (Å²) in [4.78, 5) is 0. The highest BCUT2D eigenvalue weighted by atomic mass is 19.1. The van der Waals surface area contributed by atoms with Crippen LogP contribution in [0.3, 0.4) is 0 Å². The van der Waals surface area contributed by atoms with Crippen LogP contribution in [0.25, 0.3) is 11.1 Å². The molecule has 0 aliphatic heterocycles. The van der Waals surface area contributed by atoms with Gasteiger partial charge in [0.2, 0.25) is 0 Å². The molecule has 0 saturated heterocycles. The molecule has 0 aromatic heterocycles. The van der Waals surface area contributed by atoms with Crippen molar-refractivity contribution >= 4 is 0 Å². The fourth-order valence-corrected chi connectivity index (χ4v) is 1.92. The molecule has 0 heterocycles. The van der Waals surface area contributed by atoms with Gasteiger partial charge >= 0.3 is 0 Å². The van der Waals surface area contributed by atoms with Crippen LogP contribution >= 0.6 is 0 Å². The van der Waals surface area contributed by atoms with E-state index >= 15 is 0 Å². The van der Waals surface area contributed by atoms with Gasteiger partial charge in [0.1, 0.15) is 5.82 Å². The number of hydrogen-bond acceptors (Lipinski definition) is 1. The second-order valence-electron chi connectivity index (χ2n) is 4.19. The number of hydrogen-bond donors (Lipinski definition) is 1. The molecule has 2 aromatic carbocycles. The molecule has 0 bridgehead atoms. The van der Waals surface area contributed by atoms with Gasteiger partial charge in [0.25, 0.3) is 0 Å². The normalized spacial score (nSPS) is 10.5. The summed E-state index contributed by atoms with van der Waals surface area (Å²) in [5, 5.41) is 3.13. The molecule has 0 amide bonds. The zero-order chi connectivity index (χ0) is 12.3. The Labute approximate surface area is 101 Å². The molecule has 1 nitrogen and oxygen atoms in total. The molecular weight excluding hydrogens is 213 g/mol. The van der Waals surface area contributed by atoms with Gasteiger partial charge in [0, 0.05) is 6.54 Å². The second kappa shape index (κ2) is 5.11. The van der Waals surface area contributed by atoms with Crippen molar-refractivity contribution in [2.24, 2.45) is 0 Å². The van der Waals surface area contributed by atoms with Crippen molar-refractivity contribution in [1.82, 2.24) is 5.32 Å². The Balaban J connectivity index is 2.42. The zero-order valence-electron chi connectivity index (χ0n) is 10.1. The summed E-state index contributed by atoms with van der Waals surface area (Å²) in [6, 6.07) is 13.0. The summed E-state index contributed by atoms with van der Waals surface area (Å²) in [5.74, 6) is -0.196. The lowest BCUT2D eigenvalue weighted by atomic mass is 9.98. The van der Waals surface area contributed by atoms with E-state index in [-0.39, 0.29) is 5.82 Å². The molecule has 88 valence electrons. The predicted molar refractivity (Wildman–Crippen MR) is 69.3 cm³/mol. The molecule has 2 aromatic rings. The third-order valence-electron chi connectivity index (χ3n) is 2.84. The SMILES string of the molecule is CNCc1ccc(C)c(-c2ccc(F)cc2)c1. The fourth-order valence-electron chi connectivity index (χ4n) is 1.92. The van der Waals surface area contributed by atoms with Crippen molar-refractivity contribution in [3.8, 4) is 11.1 Å². The van der Waals surface area contributed by atoms with Gasteiger partial charge in [-0.25, -0.2) is 4.39 Å². The summed E-state index contributed by atoms with van der Waals surface area (Å²) in [6.45, 7) is 2.91.